The number of hydrogen-bond acceptors (Lipinski definition) is 3. The molecule has 0 radical (unpaired) electrons. The molecule has 0 saturated heterocycles. The maximum Gasteiger partial charge on any atom is 0.0662 e. The van der Waals surface area contributed by atoms with Crippen LogP contribution < -0.4 is 5.73 Å². The summed E-state index contributed by atoms with van der Waals surface area (Å²) >= 11 is 0. The van der Waals surface area contributed by atoms with Crippen molar-refractivity contribution in [2.75, 3.05) is 11.5 Å². The lowest BCUT2D eigenvalue weighted by Crippen LogP contribution is -2.10. The van der Waals surface area contributed by atoms with Gasteiger partial charge in [-0.2, -0.15) is 0 Å². The van der Waals surface area contributed by atoms with Gasteiger partial charge in [0.25, 0.3) is 0 Å². The van der Waals surface area contributed by atoms with Crippen molar-refractivity contribution in [1.82, 2.24) is 4.98 Å². The van der Waals surface area contributed by atoms with Gasteiger partial charge in [0, 0.05) is 28.4 Å². The van der Waals surface area contributed by atoms with Crippen LogP contribution in [0.25, 0.3) is 0 Å². The molecule has 0 aliphatic rings. The molecule has 1 atom stereocenters. The molecule has 1 rings (SSSR count). The van der Waals surface area contributed by atoms with Crippen molar-refractivity contribution in [1.29, 1.82) is 0 Å². The van der Waals surface area contributed by atoms with E-state index in [1.54, 1.807) is 6.20 Å². The molecular formula is C12H20N2OS. The van der Waals surface area contributed by atoms with Gasteiger partial charge in [0.05, 0.1) is 11.4 Å². The molecule has 1 heterocycles. The highest BCUT2D eigenvalue weighted by molar-refractivity contribution is 7.84. The Morgan fingerprint density at radius 1 is 1.44 bits per heavy atom. The van der Waals surface area contributed by atoms with Crippen LogP contribution in [0.15, 0.2) is 6.20 Å². The fraction of sp³-hybridized carbons (Fsp3) is 0.583. The van der Waals surface area contributed by atoms with Gasteiger partial charge in [-0.15, -0.1) is 0 Å². The van der Waals surface area contributed by atoms with Crippen LogP contribution in [0.5, 0.6) is 0 Å². The van der Waals surface area contributed by atoms with Gasteiger partial charge in [0.15, 0.2) is 0 Å². The van der Waals surface area contributed by atoms with Crippen LogP contribution in [0.4, 0.5) is 5.69 Å². The van der Waals surface area contributed by atoms with E-state index in [-0.39, 0.29) is 0 Å². The summed E-state index contributed by atoms with van der Waals surface area (Å²) in [5, 5.41) is 0. The Hall–Kier alpha value is -0.900. The van der Waals surface area contributed by atoms with Crippen molar-refractivity contribution in [3.05, 3.63) is 23.0 Å². The van der Waals surface area contributed by atoms with Crippen LogP contribution in [0.3, 0.4) is 0 Å². The summed E-state index contributed by atoms with van der Waals surface area (Å²) in [5.74, 6) is 1.67. The molecule has 4 heteroatoms. The number of rotatable bonds is 4. The number of pyridine rings is 1. The Bertz CT molecular complexity index is 402. The lowest BCUT2D eigenvalue weighted by Gasteiger charge is -2.10. The largest absolute Gasteiger partial charge is 0.398 e. The molecule has 0 spiro atoms. The van der Waals surface area contributed by atoms with E-state index in [2.05, 4.69) is 18.8 Å². The van der Waals surface area contributed by atoms with Crippen molar-refractivity contribution in [3.8, 4) is 0 Å². The van der Waals surface area contributed by atoms with Crippen LogP contribution in [0, 0.1) is 19.8 Å². The third kappa shape index (κ3) is 3.30. The first kappa shape index (κ1) is 13.2. The molecule has 0 bridgehead atoms. The first-order chi connectivity index (χ1) is 7.41. The third-order valence-electron chi connectivity index (χ3n) is 2.49. The fourth-order valence-electron chi connectivity index (χ4n) is 1.52. The van der Waals surface area contributed by atoms with Gasteiger partial charge in [-0.3, -0.25) is 9.19 Å². The SMILES string of the molecule is Cc1cnc(CS(=O)CC(C)C)c(C)c1N. The summed E-state index contributed by atoms with van der Waals surface area (Å²) < 4.78 is 11.8. The third-order valence-corrected chi connectivity index (χ3v) is 4.13. The van der Waals surface area contributed by atoms with Gasteiger partial charge in [-0.05, 0) is 30.9 Å². The van der Waals surface area contributed by atoms with E-state index in [0.717, 1.165) is 28.3 Å². The van der Waals surface area contributed by atoms with Crippen molar-refractivity contribution in [2.45, 2.75) is 33.4 Å². The number of hydrogen-bond donors (Lipinski definition) is 1. The molecule has 0 amide bonds. The Kier molecular flexibility index (Phi) is 4.47. The summed E-state index contributed by atoms with van der Waals surface area (Å²) in [6.45, 7) is 8.02. The molecule has 0 saturated carbocycles. The van der Waals surface area contributed by atoms with Crippen molar-refractivity contribution < 1.29 is 4.21 Å². The average Bonchev–Trinajstić information content (AvgIpc) is 2.18. The van der Waals surface area contributed by atoms with Crippen LogP contribution in [0.2, 0.25) is 0 Å². The van der Waals surface area contributed by atoms with Crippen LogP contribution >= 0.6 is 0 Å². The smallest absolute Gasteiger partial charge is 0.0662 e. The molecule has 3 nitrogen and oxygen atoms in total. The molecule has 0 aromatic carbocycles. The summed E-state index contributed by atoms with van der Waals surface area (Å²) in [5.41, 5.74) is 9.51. The minimum absolute atomic E-state index is 0.448. The van der Waals surface area contributed by atoms with Gasteiger partial charge < -0.3 is 5.73 Å². The molecule has 90 valence electrons. The Balaban J connectivity index is 2.82. The molecule has 0 aliphatic heterocycles. The van der Waals surface area contributed by atoms with E-state index in [4.69, 9.17) is 5.73 Å². The van der Waals surface area contributed by atoms with Crippen molar-refractivity contribution in [2.24, 2.45) is 5.92 Å². The second-order valence-corrected chi connectivity index (χ2v) is 6.07. The lowest BCUT2D eigenvalue weighted by molar-refractivity contribution is 0.663. The highest BCUT2D eigenvalue weighted by Gasteiger charge is 2.10. The van der Waals surface area contributed by atoms with E-state index >= 15 is 0 Å². The molecule has 0 fully saturated rings. The van der Waals surface area contributed by atoms with E-state index < -0.39 is 10.8 Å². The second-order valence-electron chi connectivity index (χ2n) is 4.57. The normalized spacial score (nSPS) is 13.1. The summed E-state index contributed by atoms with van der Waals surface area (Å²) in [6, 6.07) is 0. The van der Waals surface area contributed by atoms with E-state index in [0.29, 0.717) is 11.7 Å². The average molecular weight is 240 g/mol. The second kappa shape index (κ2) is 5.43. The zero-order valence-electron chi connectivity index (χ0n) is 10.4. The molecule has 16 heavy (non-hydrogen) atoms. The lowest BCUT2D eigenvalue weighted by atomic mass is 10.1. The highest BCUT2D eigenvalue weighted by atomic mass is 32.2. The Morgan fingerprint density at radius 3 is 2.62 bits per heavy atom. The Morgan fingerprint density at radius 2 is 2.06 bits per heavy atom. The summed E-state index contributed by atoms with van der Waals surface area (Å²) in [7, 11) is -0.844. The van der Waals surface area contributed by atoms with Crippen LogP contribution in [-0.4, -0.2) is 14.9 Å². The number of nitrogen functional groups attached to an aromatic ring is 1. The number of aromatic nitrogens is 1. The van der Waals surface area contributed by atoms with E-state index in [9.17, 15) is 4.21 Å². The predicted octanol–water partition coefficient (Wildman–Crippen LogP) is 2.19. The van der Waals surface area contributed by atoms with Gasteiger partial charge in [-0.25, -0.2) is 0 Å². The van der Waals surface area contributed by atoms with Crippen molar-refractivity contribution in [3.63, 3.8) is 0 Å². The minimum atomic E-state index is -0.844. The maximum atomic E-state index is 11.8. The first-order valence-electron chi connectivity index (χ1n) is 5.47. The predicted molar refractivity (Wildman–Crippen MR) is 69.7 cm³/mol. The summed E-state index contributed by atoms with van der Waals surface area (Å²) in [4.78, 5) is 4.31. The van der Waals surface area contributed by atoms with E-state index in [1.165, 1.54) is 0 Å². The van der Waals surface area contributed by atoms with E-state index in [1.807, 2.05) is 13.8 Å². The number of nitrogens with zero attached hydrogens (tertiary/aromatic N) is 1. The molecular weight excluding hydrogens is 220 g/mol. The van der Waals surface area contributed by atoms with Crippen LogP contribution in [-0.2, 0) is 16.6 Å². The highest BCUT2D eigenvalue weighted by Crippen LogP contribution is 2.19. The zero-order valence-corrected chi connectivity index (χ0v) is 11.2. The maximum absolute atomic E-state index is 11.8. The van der Waals surface area contributed by atoms with Crippen LogP contribution in [0.1, 0.15) is 30.7 Å². The Labute approximate surface area is 99.9 Å². The van der Waals surface area contributed by atoms with Gasteiger partial charge in [-0.1, -0.05) is 13.8 Å². The molecule has 2 N–H and O–H groups in total. The topological polar surface area (TPSA) is 56.0 Å². The van der Waals surface area contributed by atoms with Crippen molar-refractivity contribution >= 4 is 16.5 Å². The molecule has 1 aromatic rings. The number of aryl methyl sites for hydroxylation is 1. The quantitative estimate of drug-likeness (QED) is 0.877. The minimum Gasteiger partial charge on any atom is -0.398 e. The zero-order chi connectivity index (χ0) is 12.3. The van der Waals surface area contributed by atoms with Gasteiger partial charge in [0.2, 0.25) is 0 Å². The van der Waals surface area contributed by atoms with Gasteiger partial charge in [0.1, 0.15) is 0 Å². The number of nitrogens with two attached hydrogens (primary N) is 1. The fourth-order valence-corrected chi connectivity index (χ4v) is 2.98. The standard InChI is InChI=1S/C12H20N2OS/c1-8(2)6-16(15)7-11-10(4)12(13)9(3)5-14-11/h5,8H,6-7H2,1-4H3,(H2,13,14). The first-order valence-corrected chi connectivity index (χ1v) is 6.96. The molecule has 1 unspecified atom stereocenters. The van der Waals surface area contributed by atoms with Gasteiger partial charge >= 0.3 is 0 Å². The molecule has 0 aliphatic carbocycles. The number of anilines is 1. The monoisotopic (exact) mass is 240 g/mol. The molecule has 1 aromatic heterocycles. The summed E-state index contributed by atoms with van der Waals surface area (Å²) in [6.07, 6.45) is 1.75.